The fourth-order valence-electron chi connectivity index (χ4n) is 3.11. The highest BCUT2D eigenvalue weighted by Gasteiger charge is 2.22. The van der Waals surface area contributed by atoms with Crippen LogP contribution in [0.4, 0.5) is 5.69 Å². The summed E-state index contributed by atoms with van der Waals surface area (Å²) in [5, 5.41) is 13.8. The Balaban J connectivity index is 1.71. The Morgan fingerprint density at radius 1 is 1.00 bits per heavy atom. The third-order valence-corrected chi connectivity index (χ3v) is 5.99. The van der Waals surface area contributed by atoms with E-state index in [2.05, 4.69) is 9.88 Å². The number of nitrogens with zero attached hydrogens (tertiary/aromatic N) is 1. The number of furan rings is 1. The average Bonchev–Trinajstić information content (AvgIpc) is 3.18. The van der Waals surface area contributed by atoms with E-state index in [1.165, 1.54) is 12.1 Å². The minimum atomic E-state index is -4.04. The SMILES string of the molecule is O=S(=O)(Nc1cc(Cl)ccc1C(Cc1ccccc1)=NO)c1cc2ccccc2o1. The van der Waals surface area contributed by atoms with Crippen LogP contribution >= 0.6 is 11.6 Å². The molecule has 1 aromatic heterocycles. The number of halogens is 1. The topological polar surface area (TPSA) is 91.9 Å². The highest BCUT2D eigenvalue weighted by atomic mass is 35.5. The van der Waals surface area contributed by atoms with Gasteiger partial charge < -0.3 is 9.62 Å². The van der Waals surface area contributed by atoms with Gasteiger partial charge in [0.25, 0.3) is 10.0 Å². The van der Waals surface area contributed by atoms with E-state index in [4.69, 9.17) is 16.0 Å². The van der Waals surface area contributed by atoms with Gasteiger partial charge in [0.1, 0.15) is 5.58 Å². The lowest BCUT2D eigenvalue weighted by Gasteiger charge is -2.13. The van der Waals surface area contributed by atoms with Gasteiger partial charge in [0.15, 0.2) is 0 Å². The quantitative estimate of drug-likeness (QED) is 0.241. The zero-order valence-corrected chi connectivity index (χ0v) is 17.2. The Bertz CT molecular complexity index is 1300. The van der Waals surface area contributed by atoms with Gasteiger partial charge in [-0.25, -0.2) is 0 Å². The van der Waals surface area contributed by atoms with E-state index in [0.29, 0.717) is 33.7 Å². The van der Waals surface area contributed by atoms with Crippen molar-refractivity contribution in [2.24, 2.45) is 5.16 Å². The zero-order valence-electron chi connectivity index (χ0n) is 15.6. The van der Waals surface area contributed by atoms with Crippen molar-refractivity contribution in [3.05, 3.63) is 95.0 Å². The molecule has 8 heteroatoms. The number of hydrogen-bond acceptors (Lipinski definition) is 5. The number of benzene rings is 3. The van der Waals surface area contributed by atoms with Crippen LogP contribution in [0.25, 0.3) is 11.0 Å². The van der Waals surface area contributed by atoms with Crippen LogP contribution in [0.5, 0.6) is 0 Å². The molecular formula is C22H17ClN2O4S. The van der Waals surface area contributed by atoms with Gasteiger partial charge in [0.2, 0.25) is 5.09 Å². The summed E-state index contributed by atoms with van der Waals surface area (Å²) < 4.78 is 33.9. The standard InChI is InChI=1S/C22H17ClN2O4S/c23-17-10-11-18(19(24-26)12-15-6-2-1-3-7-15)20(14-17)25-30(27,28)22-13-16-8-4-5-9-21(16)29-22/h1-11,13-14,25-26H,12H2. The Hall–Kier alpha value is -3.29. The number of sulfonamides is 1. The minimum absolute atomic E-state index is 0.187. The van der Waals surface area contributed by atoms with E-state index in [1.807, 2.05) is 30.3 Å². The lowest BCUT2D eigenvalue weighted by Crippen LogP contribution is -2.16. The predicted molar refractivity (Wildman–Crippen MR) is 117 cm³/mol. The van der Waals surface area contributed by atoms with Crippen LogP contribution in [0.2, 0.25) is 5.02 Å². The molecular weight excluding hydrogens is 424 g/mol. The first-order valence-electron chi connectivity index (χ1n) is 9.02. The summed E-state index contributed by atoms with van der Waals surface area (Å²) in [6, 6.07) is 22.5. The lowest BCUT2D eigenvalue weighted by molar-refractivity contribution is 0.318. The Morgan fingerprint density at radius 3 is 2.47 bits per heavy atom. The van der Waals surface area contributed by atoms with Gasteiger partial charge in [0, 0.05) is 28.5 Å². The normalized spacial score (nSPS) is 12.2. The lowest BCUT2D eigenvalue weighted by atomic mass is 10.0. The summed E-state index contributed by atoms with van der Waals surface area (Å²) in [6.45, 7) is 0. The second-order valence-electron chi connectivity index (χ2n) is 6.61. The van der Waals surface area contributed by atoms with E-state index in [-0.39, 0.29) is 10.8 Å². The molecule has 30 heavy (non-hydrogen) atoms. The maximum Gasteiger partial charge on any atom is 0.295 e. The number of oxime groups is 1. The molecule has 4 aromatic rings. The molecule has 0 saturated carbocycles. The molecule has 0 unspecified atom stereocenters. The fourth-order valence-corrected chi connectivity index (χ4v) is 4.32. The smallest absolute Gasteiger partial charge is 0.295 e. The molecule has 2 N–H and O–H groups in total. The monoisotopic (exact) mass is 440 g/mol. The highest BCUT2D eigenvalue weighted by molar-refractivity contribution is 7.92. The molecule has 0 amide bonds. The number of rotatable bonds is 6. The molecule has 0 aliphatic heterocycles. The van der Waals surface area contributed by atoms with E-state index >= 15 is 0 Å². The van der Waals surface area contributed by atoms with Crippen LogP contribution in [-0.2, 0) is 16.4 Å². The van der Waals surface area contributed by atoms with Crippen molar-refractivity contribution in [2.75, 3.05) is 4.72 Å². The molecule has 0 saturated heterocycles. The van der Waals surface area contributed by atoms with Crippen molar-refractivity contribution in [1.82, 2.24) is 0 Å². The highest BCUT2D eigenvalue weighted by Crippen LogP contribution is 2.28. The number of anilines is 1. The maximum absolute atomic E-state index is 13.0. The molecule has 3 aromatic carbocycles. The maximum atomic E-state index is 13.0. The van der Waals surface area contributed by atoms with E-state index in [0.717, 1.165) is 5.56 Å². The number of nitrogens with one attached hydrogen (secondary N) is 1. The first-order valence-corrected chi connectivity index (χ1v) is 10.9. The third kappa shape index (κ3) is 4.17. The molecule has 0 aliphatic carbocycles. The summed E-state index contributed by atoms with van der Waals surface area (Å²) in [5.74, 6) is 0. The molecule has 4 rings (SSSR count). The van der Waals surface area contributed by atoms with E-state index in [9.17, 15) is 13.6 Å². The fraction of sp³-hybridized carbons (Fsp3) is 0.0455. The summed E-state index contributed by atoms with van der Waals surface area (Å²) in [5.41, 5.74) is 2.26. The number of fused-ring (bicyclic) bond motifs is 1. The molecule has 1 heterocycles. The number of para-hydroxylation sites is 1. The largest absolute Gasteiger partial charge is 0.443 e. The Labute approximate surface area is 178 Å². The second-order valence-corrected chi connectivity index (χ2v) is 8.66. The zero-order chi connectivity index (χ0) is 21.1. The van der Waals surface area contributed by atoms with Crippen molar-refractivity contribution in [3.63, 3.8) is 0 Å². The predicted octanol–water partition coefficient (Wildman–Crippen LogP) is 5.31. The Kier molecular flexibility index (Phi) is 5.48. The molecule has 0 atom stereocenters. The van der Waals surface area contributed by atoms with Crippen LogP contribution in [0.1, 0.15) is 11.1 Å². The van der Waals surface area contributed by atoms with Crippen molar-refractivity contribution < 1.29 is 18.0 Å². The molecule has 152 valence electrons. The van der Waals surface area contributed by atoms with Gasteiger partial charge in [-0.2, -0.15) is 8.42 Å². The van der Waals surface area contributed by atoms with Crippen LogP contribution in [0, 0.1) is 0 Å². The molecule has 0 spiro atoms. The minimum Gasteiger partial charge on any atom is -0.443 e. The number of hydrogen-bond donors (Lipinski definition) is 2. The van der Waals surface area contributed by atoms with E-state index < -0.39 is 10.0 Å². The summed E-state index contributed by atoms with van der Waals surface area (Å²) in [7, 11) is -4.04. The van der Waals surface area contributed by atoms with Crippen LogP contribution in [0.15, 0.2) is 93.5 Å². The van der Waals surface area contributed by atoms with Crippen molar-refractivity contribution >= 4 is 44.0 Å². The van der Waals surface area contributed by atoms with Gasteiger partial charge >= 0.3 is 0 Å². The first-order chi connectivity index (χ1) is 14.5. The average molecular weight is 441 g/mol. The van der Waals surface area contributed by atoms with Crippen LogP contribution < -0.4 is 4.72 Å². The van der Waals surface area contributed by atoms with Gasteiger partial charge in [0.05, 0.1) is 11.4 Å². The van der Waals surface area contributed by atoms with Crippen molar-refractivity contribution in [1.29, 1.82) is 0 Å². The Morgan fingerprint density at radius 2 is 1.73 bits per heavy atom. The summed E-state index contributed by atoms with van der Waals surface area (Å²) >= 11 is 6.10. The molecule has 6 nitrogen and oxygen atoms in total. The van der Waals surface area contributed by atoms with Gasteiger partial charge in [-0.15, -0.1) is 0 Å². The first kappa shape index (κ1) is 20.0. The van der Waals surface area contributed by atoms with Crippen LogP contribution in [-0.4, -0.2) is 19.3 Å². The van der Waals surface area contributed by atoms with Crippen LogP contribution in [0.3, 0.4) is 0 Å². The van der Waals surface area contributed by atoms with Crippen molar-refractivity contribution in [2.45, 2.75) is 11.5 Å². The third-order valence-electron chi connectivity index (χ3n) is 4.54. The van der Waals surface area contributed by atoms with Gasteiger partial charge in [-0.3, -0.25) is 4.72 Å². The second kappa shape index (κ2) is 8.22. The molecule has 0 aliphatic rings. The summed E-state index contributed by atoms with van der Waals surface area (Å²) in [4.78, 5) is 0. The van der Waals surface area contributed by atoms with E-state index in [1.54, 1.807) is 36.4 Å². The van der Waals surface area contributed by atoms with Crippen molar-refractivity contribution in [3.8, 4) is 0 Å². The molecule has 0 fully saturated rings. The molecule has 0 radical (unpaired) electrons. The summed E-state index contributed by atoms with van der Waals surface area (Å²) in [6.07, 6.45) is 0.304. The van der Waals surface area contributed by atoms with Gasteiger partial charge in [-0.1, -0.05) is 65.3 Å². The van der Waals surface area contributed by atoms with Gasteiger partial charge in [-0.05, 0) is 29.8 Å². The molecule has 0 bridgehead atoms.